The van der Waals surface area contributed by atoms with Gasteiger partial charge >= 0.3 is 12.1 Å². The van der Waals surface area contributed by atoms with Crippen molar-refractivity contribution in [1.29, 1.82) is 5.26 Å². The average Bonchev–Trinajstić information content (AvgIpc) is 2.00. The van der Waals surface area contributed by atoms with E-state index in [9.17, 15) is 13.2 Å². The van der Waals surface area contributed by atoms with Crippen molar-refractivity contribution in [3.8, 4) is 6.07 Å². The molecule has 0 aliphatic rings. The van der Waals surface area contributed by atoms with E-state index in [4.69, 9.17) is 20.9 Å². The van der Waals surface area contributed by atoms with Gasteiger partial charge in [-0.05, 0) is 13.3 Å². The topological polar surface area (TPSA) is 87.1 Å². The summed E-state index contributed by atoms with van der Waals surface area (Å²) in [5, 5.41) is 15.1. The molecule has 7 heteroatoms. The molecule has 1 atom stereocenters. The van der Waals surface area contributed by atoms with Gasteiger partial charge in [-0.15, -0.1) is 0 Å². The molecule has 14 heavy (non-hydrogen) atoms. The molecule has 0 spiro atoms. The minimum absolute atomic E-state index is 0.180. The number of nitrogens with zero attached hydrogens (tertiary/aromatic N) is 1. The van der Waals surface area contributed by atoms with Crippen LogP contribution >= 0.6 is 0 Å². The molecule has 0 heterocycles. The highest BCUT2D eigenvalue weighted by molar-refractivity contribution is 5.73. The number of hydrogen-bond acceptors (Lipinski definition) is 3. The van der Waals surface area contributed by atoms with Crippen molar-refractivity contribution in [2.24, 2.45) is 5.73 Å². The van der Waals surface area contributed by atoms with Crippen molar-refractivity contribution < 1.29 is 23.1 Å². The van der Waals surface area contributed by atoms with Crippen molar-refractivity contribution in [1.82, 2.24) is 0 Å². The van der Waals surface area contributed by atoms with Crippen molar-refractivity contribution in [2.75, 3.05) is 0 Å². The molecule has 0 rings (SSSR count). The van der Waals surface area contributed by atoms with E-state index in [1.54, 1.807) is 0 Å². The molecule has 0 aliphatic heterocycles. The predicted octanol–water partition coefficient (Wildman–Crippen LogP) is 1.27. The van der Waals surface area contributed by atoms with Crippen LogP contribution in [0.5, 0.6) is 0 Å². The number of hydrogen-bond donors (Lipinski definition) is 2. The van der Waals surface area contributed by atoms with Crippen LogP contribution in [0.2, 0.25) is 0 Å². The second-order valence-corrected chi connectivity index (χ2v) is 2.48. The van der Waals surface area contributed by atoms with Crippen LogP contribution in [-0.2, 0) is 4.79 Å². The third kappa shape index (κ3) is 13.3. The number of alkyl halides is 3. The highest BCUT2D eigenvalue weighted by Gasteiger charge is 2.38. The first-order chi connectivity index (χ1) is 6.21. The van der Waals surface area contributed by atoms with Crippen LogP contribution in [0.25, 0.3) is 0 Å². The van der Waals surface area contributed by atoms with Crippen LogP contribution in [-0.4, -0.2) is 23.3 Å². The van der Waals surface area contributed by atoms with Gasteiger partial charge in [0.1, 0.15) is 0 Å². The molecule has 0 aromatic heterocycles. The van der Waals surface area contributed by atoms with Gasteiger partial charge in [-0.1, -0.05) is 0 Å². The first-order valence-electron chi connectivity index (χ1n) is 3.64. The molecule has 0 fully saturated rings. The number of carboxylic acid groups (broad SMARTS) is 1. The zero-order valence-corrected chi connectivity index (χ0v) is 7.51. The maximum Gasteiger partial charge on any atom is 0.490 e. The zero-order chi connectivity index (χ0) is 11.8. The van der Waals surface area contributed by atoms with Crippen LogP contribution in [0.3, 0.4) is 0 Å². The standard InChI is InChI=1S/C5H10N2.C2HF3O2/c1-5(7)3-2-4-6;3-2(4,5)1(6)7/h5H,2-3,7H2,1H3;(H,6,7). The molecule has 0 aromatic carbocycles. The molecule has 0 amide bonds. The van der Waals surface area contributed by atoms with E-state index in [1.807, 2.05) is 13.0 Å². The fourth-order valence-corrected chi connectivity index (χ4v) is 0.292. The van der Waals surface area contributed by atoms with E-state index in [-0.39, 0.29) is 6.04 Å². The van der Waals surface area contributed by atoms with Gasteiger partial charge in [0.2, 0.25) is 0 Å². The van der Waals surface area contributed by atoms with Crippen LogP contribution in [0.15, 0.2) is 0 Å². The molecule has 0 aliphatic carbocycles. The lowest BCUT2D eigenvalue weighted by Crippen LogP contribution is -2.21. The van der Waals surface area contributed by atoms with Crippen molar-refractivity contribution >= 4 is 5.97 Å². The molecule has 0 radical (unpaired) electrons. The van der Waals surface area contributed by atoms with Gasteiger partial charge in [0.25, 0.3) is 0 Å². The summed E-state index contributed by atoms with van der Waals surface area (Å²) in [7, 11) is 0. The number of rotatable bonds is 2. The molecule has 82 valence electrons. The summed E-state index contributed by atoms with van der Waals surface area (Å²) in [6, 6.07) is 2.20. The molecule has 1 unspecified atom stereocenters. The van der Waals surface area contributed by atoms with E-state index in [0.717, 1.165) is 6.42 Å². The Morgan fingerprint density at radius 3 is 2.07 bits per heavy atom. The minimum Gasteiger partial charge on any atom is -0.475 e. The van der Waals surface area contributed by atoms with E-state index < -0.39 is 12.1 Å². The predicted molar refractivity (Wildman–Crippen MR) is 42.2 cm³/mol. The molecule has 0 bridgehead atoms. The van der Waals surface area contributed by atoms with Gasteiger partial charge in [-0.3, -0.25) is 0 Å². The van der Waals surface area contributed by atoms with E-state index >= 15 is 0 Å². The third-order valence-corrected chi connectivity index (χ3v) is 0.954. The Bertz CT molecular complexity index is 208. The van der Waals surface area contributed by atoms with Crippen LogP contribution in [0, 0.1) is 11.3 Å². The summed E-state index contributed by atoms with van der Waals surface area (Å²) in [6.07, 6.45) is -3.69. The van der Waals surface area contributed by atoms with Crippen molar-refractivity contribution in [2.45, 2.75) is 32.0 Å². The molecule has 0 aromatic rings. The summed E-state index contributed by atoms with van der Waals surface area (Å²) >= 11 is 0. The van der Waals surface area contributed by atoms with Crippen LogP contribution < -0.4 is 5.73 Å². The van der Waals surface area contributed by atoms with Crippen LogP contribution in [0.1, 0.15) is 19.8 Å². The van der Waals surface area contributed by atoms with Gasteiger partial charge in [0.05, 0.1) is 6.07 Å². The van der Waals surface area contributed by atoms with Gasteiger partial charge in [0, 0.05) is 12.5 Å². The summed E-state index contributed by atoms with van der Waals surface area (Å²) in [6.45, 7) is 1.90. The highest BCUT2D eigenvalue weighted by atomic mass is 19.4. The Labute approximate surface area is 79.1 Å². The van der Waals surface area contributed by atoms with E-state index in [0.29, 0.717) is 6.42 Å². The van der Waals surface area contributed by atoms with Gasteiger partial charge in [-0.25, -0.2) is 4.79 Å². The Balaban J connectivity index is 0. The number of carboxylic acids is 1. The normalized spacial score (nSPS) is 12.0. The maximum atomic E-state index is 10.6. The van der Waals surface area contributed by atoms with Gasteiger partial charge in [0.15, 0.2) is 0 Å². The fraction of sp³-hybridized carbons (Fsp3) is 0.714. The Kier molecular flexibility index (Phi) is 7.76. The highest BCUT2D eigenvalue weighted by Crippen LogP contribution is 2.13. The molecular formula is C7H11F3N2O2. The maximum absolute atomic E-state index is 10.6. The second kappa shape index (κ2) is 7.15. The van der Waals surface area contributed by atoms with Crippen molar-refractivity contribution in [3.05, 3.63) is 0 Å². The third-order valence-electron chi connectivity index (χ3n) is 0.954. The molecule has 3 N–H and O–H groups in total. The first-order valence-corrected chi connectivity index (χ1v) is 3.64. The second-order valence-electron chi connectivity index (χ2n) is 2.48. The number of carbonyl (C=O) groups is 1. The average molecular weight is 212 g/mol. The molecule has 4 nitrogen and oxygen atoms in total. The fourth-order valence-electron chi connectivity index (χ4n) is 0.292. The zero-order valence-electron chi connectivity index (χ0n) is 7.51. The largest absolute Gasteiger partial charge is 0.490 e. The Morgan fingerprint density at radius 1 is 1.64 bits per heavy atom. The van der Waals surface area contributed by atoms with Crippen LogP contribution in [0.4, 0.5) is 13.2 Å². The lowest BCUT2D eigenvalue weighted by atomic mass is 10.2. The monoisotopic (exact) mass is 212 g/mol. The SMILES string of the molecule is CC(N)CCC#N.O=C(O)C(F)(F)F. The molecule has 0 saturated heterocycles. The summed E-state index contributed by atoms with van der Waals surface area (Å²) < 4.78 is 31.7. The summed E-state index contributed by atoms with van der Waals surface area (Å²) in [5.41, 5.74) is 5.33. The minimum atomic E-state index is -5.08. The smallest absolute Gasteiger partial charge is 0.475 e. The van der Waals surface area contributed by atoms with Gasteiger partial charge < -0.3 is 10.8 Å². The number of nitriles is 1. The first kappa shape index (κ1) is 15.2. The number of halogens is 3. The molecular weight excluding hydrogens is 201 g/mol. The number of nitrogens with two attached hydrogens (primary N) is 1. The summed E-state index contributed by atoms with van der Waals surface area (Å²) in [5.74, 6) is -2.76. The molecule has 0 saturated carbocycles. The summed E-state index contributed by atoms with van der Waals surface area (Å²) in [4.78, 5) is 8.90. The lowest BCUT2D eigenvalue weighted by Gasteiger charge is -1.95. The van der Waals surface area contributed by atoms with E-state index in [2.05, 4.69) is 0 Å². The lowest BCUT2D eigenvalue weighted by molar-refractivity contribution is -0.192. The Morgan fingerprint density at radius 2 is 2.00 bits per heavy atom. The van der Waals surface area contributed by atoms with Gasteiger partial charge in [-0.2, -0.15) is 18.4 Å². The number of aliphatic carboxylic acids is 1. The Hall–Kier alpha value is -1.29. The van der Waals surface area contributed by atoms with E-state index in [1.165, 1.54) is 0 Å². The van der Waals surface area contributed by atoms with Crippen molar-refractivity contribution in [3.63, 3.8) is 0 Å². The quantitative estimate of drug-likeness (QED) is 0.721.